The van der Waals surface area contributed by atoms with Gasteiger partial charge in [0, 0.05) is 17.5 Å². The fraction of sp³-hybridized carbons (Fsp3) is 0.550. The van der Waals surface area contributed by atoms with Crippen LogP contribution in [0.4, 0.5) is 0 Å². The van der Waals surface area contributed by atoms with Gasteiger partial charge in [-0.2, -0.15) is 0 Å². The van der Waals surface area contributed by atoms with E-state index in [1.807, 2.05) is 0 Å². The van der Waals surface area contributed by atoms with Crippen LogP contribution in [0.1, 0.15) is 5.56 Å². The lowest BCUT2D eigenvalue weighted by molar-refractivity contribution is -0.320. The summed E-state index contributed by atoms with van der Waals surface area (Å²) in [6.45, 7) is 1.19. The van der Waals surface area contributed by atoms with Crippen LogP contribution in [-0.2, 0) is 14.2 Å². The molecule has 1 aromatic heterocycles. The van der Waals surface area contributed by atoms with E-state index in [4.69, 9.17) is 35.0 Å². The normalized spacial score (nSPS) is 35.7. The molecule has 0 bridgehead atoms. The van der Waals surface area contributed by atoms with Gasteiger partial charge in [0.15, 0.2) is 6.29 Å². The quantitative estimate of drug-likeness (QED) is 0.346. The largest absolute Gasteiger partial charge is 0.460 e. The Balaban J connectivity index is 1.45. The average Bonchev–Trinajstić information content (AvgIpc) is 2.74. The number of rotatable bonds is 4. The number of ether oxygens (including phenoxy) is 4. The molecule has 0 unspecified atom stereocenters. The van der Waals surface area contributed by atoms with Crippen molar-refractivity contribution in [3.05, 3.63) is 39.2 Å². The van der Waals surface area contributed by atoms with Gasteiger partial charge in [-0.1, -0.05) is 11.6 Å². The van der Waals surface area contributed by atoms with Crippen molar-refractivity contribution in [1.82, 2.24) is 0 Å². The van der Waals surface area contributed by atoms with E-state index in [1.54, 1.807) is 13.0 Å². The van der Waals surface area contributed by atoms with Gasteiger partial charge < -0.3 is 48.9 Å². The number of aryl methyl sites for hydroxylation is 1. The van der Waals surface area contributed by atoms with Gasteiger partial charge in [-0.3, -0.25) is 0 Å². The highest BCUT2D eigenvalue weighted by Crippen LogP contribution is 2.33. The van der Waals surface area contributed by atoms with Crippen molar-refractivity contribution < 1.29 is 48.9 Å². The molecule has 2 saturated heterocycles. The molecule has 4 rings (SSSR count). The summed E-state index contributed by atoms with van der Waals surface area (Å²) in [5, 5.41) is 50.9. The predicted molar refractivity (Wildman–Crippen MR) is 107 cm³/mol. The van der Waals surface area contributed by atoms with Crippen molar-refractivity contribution in [2.24, 2.45) is 0 Å². The second kappa shape index (κ2) is 9.21. The third-order valence-electron chi connectivity index (χ3n) is 5.44. The Kier molecular flexibility index (Phi) is 6.73. The topological polar surface area (TPSA) is 168 Å². The summed E-state index contributed by atoms with van der Waals surface area (Å²) < 4.78 is 26.8. The second-order valence-corrected chi connectivity index (χ2v) is 8.16. The third kappa shape index (κ3) is 4.49. The van der Waals surface area contributed by atoms with E-state index < -0.39 is 54.8 Å². The Hall–Kier alpha value is -1.80. The summed E-state index contributed by atoms with van der Waals surface area (Å²) in [4.78, 5) is 11.6. The Morgan fingerprint density at radius 3 is 2.38 bits per heavy atom. The predicted octanol–water partition coefficient (Wildman–Crippen LogP) is -0.964. The number of halogens is 1. The van der Waals surface area contributed by atoms with Gasteiger partial charge in [0.1, 0.15) is 48.0 Å². The van der Waals surface area contributed by atoms with E-state index in [1.165, 1.54) is 12.1 Å². The maximum atomic E-state index is 11.6. The lowest BCUT2D eigenvalue weighted by Gasteiger charge is -2.41. The standard InChI is InChI=1S/C20H23ClO11/c1-7-2-14(23)30-11-4-12(9(21)3-8(7)11)31-20-18(27)16(25)13(6-29-20)32-19-17(26)15(24)10(22)5-28-19/h2-4,10,13,15-20,22,24-27H,5-6H2,1H3/t10-,13-,15+,16+,17-,18-,19+,20+/m1/s1. The minimum atomic E-state index is -1.58. The van der Waals surface area contributed by atoms with E-state index in [0.29, 0.717) is 10.9 Å². The second-order valence-electron chi connectivity index (χ2n) is 7.75. The Bertz CT molecular complexity index is 1030. The molecular formula is C20H23ClO11. The fourth-order valence-corrected chi connectivity index (χ4v) is 3.81. The number of fused-ring (bicyclic) bond motifs is 1. The summed E-state index contributed by atoms with van der Waals surface area (Å²) in [5.74, 6) is 0.0617. The zero-order valence-electron chi connectivity index (χ0n) is 16.8. The molecule has 0 saturated carbocycles. The van der Waals surface area contributed by atoms with Gasteiger partial charge in [0.25, 0.3) is 0 Å². The Morgan fingerprint density at radius 2 is 1.62 bits per heavy atom. The highest BCUT2D eigenvalue weighted by Gasteiger charge is 2.45. The first kappa shape index (κ1) is 23.4. The first-order chi connectivity index (χ1) is 15.2. The van der Waals surface area contributed by atoms with E-state index in [2.05, 4.69) is 0 Å². The number of hydrogen-bond donors (Lipinski definition) is 5. The smallest absolute Gasteiger partial charge is 0.336 e. The highest BCUT2D eigenvalue weighted by molar-refractivity contribution is 6.32. The molecule has 3 heterocycles. The molecule has 0 amide bonds. The Labute approximate surface area is 186 Å². The lowest BCUT2D eigenvalue weighted by Crippen LogP contribution is -2.60. The van der Waals surface area contributed by atoms with E-state index in [-0.39, 0.29) is 29.6 Å². The fourth-order valence-electron chi connectivity index (χ4n) is 3.60. The van der Waals surface area contributed by atoms with E-state index >= 15 is 0 Å². The molecule has 8 atom stereocenters. The van der Waals surface area contributed by atoms with Crippen LogP contribution < -0.4 is 10.4 Å². The monoisotopic (exact) mass is 474 g/mol. The molecule has 176 valence electrons. The zero-order valence-corrected chi connectivity index (χ0v) is 17.6. The number of aliphatic hydroxyl groups is 5. The lowest BCUT2D eigenvalue weighted by atomic mass is 10.0. The SMILES string of the molecule is Cc1cc(=O)oc2cc(O[C@@H]3OC[C@@H](O[C@@H]4OC[C@@H](O)[C@H](O)[C@H]4O)[C@H](O)[C@H]3O)c(Cl)cc12. The molecule has 32 heavy (non-hydrogen) atoms. The van der Waals surface area contributed by atoms with Crippen LogP contribution in [0.3, 0.4) is 0 Å². The molecule has 2 fully saturated rings. The zero-order chi connectivity index (χ0) is 23.2. The summed E-state index contributed by atoms with van der Waals surface area (Å²) in [6, 6.07) is 4.26. The maximum Gasteiger partial charge on any atom is 0.336 e. The van der Waals surface area contributed by atoms with Crippen LogP contribution in [-0.4, -0.2) is 88.0 Å². The van der Waals surface area contributed by atoms with Crippen LogP contribution in [0.25, 0.3) is 11.0 Å². The van der Waals surface area contributed by atoms with Crippen molar-refractivity contribution >= 4 is 22.6 Å². The molecule has 2 aliphatic rings. The van der Waals surface area contributed by atoms with Gasteiger partial charge in [0.05, 0.1) is 18.2 Å². The van der Waals surface area contributed by atoms with E-state index in [9.17, 15) is 30.3 Å². The summed E-state index contributed by atoms with van der Waals surface area (Å²) in [6.07, 6.45) is -11.2. The van der Waals surface area contributed by atoms with Crippen molar-refractivity contribution in [2.45, 2.75) is 56.1 Å². The first-order valence-electron chi connectivity index (χ1n) is 9.85. The van der Waals surface area contributed by atoms with Crippen LogP contribution in [0.2, 0.25) is 5.02 Å². The third-order valence-corrected chi connectivity index (χ3v) is 5.74. The number of hydrogen-bond acceptors (Lipinski definition) is 11. The molecule has 0 aliphatic carbocycles. The van der Waals surface area contributed by atoms with Crippen LogP contribution >= 0.6 is 11.6 Å². The van der Waals surface area contributed by atoms with Crippen molar-refractivity contribution in [2.75, 3.05) is 13.2 Å². The van der Waals surface area contributed by atoms with Crippen molar-refractivity contribution in [3.63, 3.8) is 0 Å². The molecule has 12 heteroatoms. The van der Waals surface area contributed by atoms with Crippen LogP contribution in [0.5, 0.6) is 5.75 Å². The van der Waals surface area contributed by atoms with Gasteiger partial charge in [-0.15, -0.1) is 0 Å². The molecule has 11 nitrogen and oxygen atoms in total. The van der Waals surface area contributed by atoms with Gasteiger partial charge in [-0.05, 0) is 18.6 Å². The van der Waals surface area contributed by atoms with Gasteiger partial charge >= 0.3 is 5.63 Å². The summed E-state index contributed by atoms with van der Waals surface area (Å²) >= 11 is 6.26. The highest BCUT2D eigenvalue weighted by atomic mass is 35.5. The van der Waals surface area contributed by atoms with Gasteiger partial charge in [-0.25, -0.2) is 4.79 Å². The number of aliphatic hydroxyl groups excluding tert-OH is 5. The van der Waals surface area contributed by atoms with Crippen LogP contribution in [0, 0.1) is 6.92 Å². The summed E-state index contributed by atoms with van der Waals surface area (Å²) in [7, 11) is 0. The maximum absolute atomic E-state index is 11.6. The van der Waals surface area contributed by atoms with Crippen molar-refractivity contribution in [1.29, 1.82) is 0 Å². The molecule has 0 radical (unpaired) electrons. The van der Waals surface area contributed by atoms with Gasteiger partial charge in [0.2, 0.25) is 6.29 Å². The summed E-state index contributed by atoms with van der Waals surface area (Å²) in [5.41, 5.74) is 0.349. The molecule has 5 N–H and O–H groups in total. The average molecular weight is 475 g/mol. The van der Waals surface area contributed by atoms with Crippen LogP contribution in [0.15, 0.2) is 27.4 Å². The molecule has 0 spiro atoms. The minimum Gasteiger partial charge on any atom is -0.460 e. The van der Waals surface area contributed by atoms with E-state index in [0.717, 1.165) is 0 Å². The first-order valence-corrected chi connectivity index (χ1v) is 10.2. The molecule has 2 aliphatic heterocycles. The Morgan fingerprint density at radius 1 is 0.938 bits per heavy atom. The number of benzene rings is 1. The van der Waals surface area contributed by atoms with Crippen molar-refractivity contribution in [3.8, 4) is 5.75 Å². The molecule has 1 aromatic carbocycles. The minimum absolute atomic E-state index is 0.0617. The molecule has 2 aromatic rings. The molecular weight excluding hydrogens is 452 g/mol.